The van der Waals surface area contributed by atoms with Crippen LogP contribution in [0.5, 0.6) is 0 Å². The third kappa shape index (κ3) is 4.13. The monoisotopic (exact) mass is 306 g/mol. The minimum Gasteiger partial charge on any atom is -0.301 e. The maximum absolute atomic E-state index is 12.6. The van der Waals surface area contributed by atoms with Gasteiger partial charge in [0, 0.05) is 12.1 Å². The van der Waals surface area contributed by atoms with Crippen LogP contribution in [0, 0.1) is 5.41 Å². The predicted molar refractivity (Wildman–Crippen MR) is 79.3 cm³/mol. The smallest absolute Gasteiger partial charge is 0.301 e. The molecule has 1 spiro atoms. The number of piperidine rings is 1. The van der Waals surface area contributed by atoms with Crippen molar-refractivity contribution in [3.05, 3.63) is 0 Å². The van der Waals surface area contributed by atoms with Gasteiger partial charge in [-0.25, -0.2) is 0 Å². The number of alkyl halides is 3. The zero-order valence-corrected chi connectivity index (χ0v) is 13.5. The molecule has 2 rings (SSSR count). The predicted octanol–water partition coefficient (Wildman–Crippen LogP) is 3.91. The molecule has 1 heterocycles. The Labute approximate surface area is 126 Å². The van der Waals surface area contributed by atoms with E-state index in [-0.39, 0.29) is 6.04 Å². The lowest BCUT2D eigenvalue weighted by atomic mass is 9.60. The molecule has 1 atom stereocenters. The highest BCUT2D eigenvalue weighted by Gasteiger charge is 2.49. The highest BCUT2D eigenvalue weighted by Crippen LogP contribution is 2.51. The van der Waals surface area contributed by atoms with Gasteiger partial charge in [-0.3, -0.25) is 4.90 Å². The van der Waals surface area contributed by atoms with Gasteiger partial charge >= 0.3 is 6.18 Å². The number of rotatable bonds is 5. The third-order valence-corrected chi connectivity index (χ3v) is 5.72. The van der Waals surface area contributed by atoms with Crippen molar-refractivity contribution in [3.8, 4) is 0 Å². The van der Waals surface area contributed by atoms with Crippen molar-refractivity contribution >= 4 is 0 Å². The second-order valence-corrected chi connectivity index (χ2v) is 7.03. The molecule has 0 amide bonds. The van der Waals surface area contributed by atoms with Crippen LogP contribution in [0.25, 0.3) is 0 Å². The summed E-state index contributed by atoms with van der Waals surface area (Å²) >= 11 is 0. The normalized spacial score (nSPS) is 25.3. The van der Waals surface area contributed by atoms with Gasteiger partial charge in [0.05, 0.1) is 6.54 Å². The molecule has 1 aliphatic carbocycles. The molecule has 0 bridgehead atoms. The molecular weight excluding hydrogens is 277 g/mol. The first-order valence-corrected chi connectivity index (χ1v) is 8.33. The fraction of sp³-hybridized carbons (Fsp3) is 1.00. The van der Waals surface area contributed by atoms with Crippen molar-refractivity contribution in [1.29, 1.82) is 0 Å². The van der Waals surface area contributed by atoms with Crippen LogP contribution < -0.4 is 0 Å². The van der Waals surface area contributed by atoms with Gasteiger partial charge in [-0.2, -0.15) is 13.2 Å². The molecule has 21 heavy (non-hydrogen) atoms. The molecule has 0 aromatic heterocycles. The van der Waals surface area contributed by atoms with Crippen molar-refractivity contribution in [2.45, 2.75) is 71.1 Å². The second kappa shape index (κ2) is 6.45. The fourth-order valence-electron chi connectivity index (χ4n) is 4.03. The Bertz CT molecular complexity index is 327. The van der Waals surface area contributed by atoms with Crippen molar-refractivity contribution in [3.63, 3.8) is 0 Å². The Morgan fingerprint density at radius 2 is 1.76 bits per heavy atom. The number of hydrogen-bond donors (Lipinski definition) is 0. The van der Waals surface area contributed by atoms with Crippen LogP contribution in [0.4, 0.5) is 13.2 Å². The van der Waals surface area contributed by atoms with E-state index in [1.807, 2.05) is 6.92 Å². The Morgan fingerprint density at radius 1 is 1.19 bits per heavy atom. The van der Waals surface area contributed by atoms with Gasteiger partial charge in [-0.1, -0.05) is 13.8 Å². The van der Waals surface area contributed by atoms with E-state index in [4.69, 9.17) is 0 Å². The van der Waals surface area contributed by atoms with Crippen molar-refractivity contribution in [2.75, 3.05) is 26.2 Å². The number of halogens is 3. The van der Waals surface area contributed by atoms with E-state index in [1.165, 1.54) is 6.42 Å². The molecule has 0 radical (unpaired) electrons. The van der Waals surface area contributed by atoms with Crippen LogP contribution >= 0.6 is 0 Å². The first-order chi connectivity index (χ1) is 9.78. The second-order valence-electron chi connectivity index (χ2n) is 7.03. The van der Waals surface area contributed by atoms with Crippen molar-refractivity contribution in [1.82, 2.24) is 9.80 Å². The van der Waals surface area contributed by atoms with Crippen molar-refractivity contribution in [2.24, 2.45) is 5.41 Å². The summed E-state index contributed by atoms with van der Waals surface area (Å²) in [5.41, 5.74) is 0.341. The van der Waals surface area contributed by atoms with Gasteiger partial charge in [0.15, 0.2) is 0 Å². The molecule has 2 nitrogen and oxygen atoms in total. The summed E-state index contributed by atoms with van der Waals surface area (Å²) in [6.07, 6.45) is 1.36. The lowest BCUT2D eigenvalue weighted by Gasteiger charge is -2.55. The van der Waals surface area contributed by atoms with Crippen LogP contribution in [-0.2, 0) is 0 Å². The molecule has 5 heteroatoms. The van der Waals surface area contributed by atoms with Crippen molar-refractivity contribution < 1.29 is 13.2 Å². The molecule has 2 aliphatic rings. The molecule has 2 fully saturated rings. The summed E-state index contributed by atoms with van der Waals surface area (Å²) in [4.78, 5) is 4.15. The molecule has 124 valence electrons. The van der Waals surface area contributed by atoms with E-state index in [9.17, 15) is 13.2 Å². The minimum atomic E-state index is -4.07. The summed E-state index contributed by atoms with van der Waals surface area (Å²) in [6, 6.07) is 0.780. The minimum absolute atomic E-state index is 0.145. The Kier molecular flexibility index (Phi) is 5.24. The topological polar surface area (TPSA) is 6.48 Å². The summed E-state index contributed by atoms with van der Waals surface area (Å²) in [5, 5.41) is 0. The first kappa shape index (κ1) is 17.1. The van der Waals surface area contributed by atoms with Crippen LogP contribution in [0.15, 0.2) is 0 Å². The quantitative estimate of drug-likeness (QED) is 0.760. The van der Waals surface area contributed by atoms with Crippen LogP contribution in [0.3, 0.4) is 0 Å². The van der Waals surface area contributed by atoms with Gasteiger partial charge in [0.2, 0.25) is 0 Å². The standard InChI is InChI=1S/C16H29F3N2/c1-4-13(3)21-8-6-15(7-9-21)10-14(11-15)20(5-2)12-16(17,18)19/h13-14H,4-12H2,1-3H3. The zero-order chi connectivity index (χ0) is 15.7. The maximum Gasteiger partial charge on any atom is 0.401 e. The van der Waals surface area contributed by atoms with E-state index in [1.54, 1.807) is 4.90 Å². The van der Waals surface area contributed by atoms with Gasteiger partial charge in [-0.15, -0.1) is 0 Å². The molecule has 1 aliphatic heterocycles. The summed E-state index contributed by atoms with van der Waals surface area (Å²) in [5.74, 6) is 0. The largest absolute Gasteiger partial charge is 0.401 e. The third-order valence-electron chi connectivity index (χ3n) is 5.72. The molecule has 0 aromatic rings. The average molecular weight is 306 g/mol. The first-order valence-electron chi connectivity index (χ1n) is 8.33. The zero-order valence-electron chi connectivity index (χ0n) is 13.5. The number of hydrogen-bond acceptors (Lipinski definition) is 2. The Morgan fingerprint density at radius 3 is 2.19 bits per heavy atom. The average Bonchev–Trinajstić information content (AvgIpc) is 2.40. The molecule has 1 unspecified atom stereocenters. The number of nitrogens with zero attached hydrogens (tertiary/aromatic N) is 2. The van der Waals surface area contributed by atoms with Crippen LogP contribution in [0.2, 0.25) is 0 Å². The van der Waals surface area contributed by atoms with E-state index in [2.05, 4.69) is 18.7 Å². The molecule has 1 saturated heterocycles. The van der Waals surface area contributed by atoms with Crippen LogP contribution in [0.1, 0.15) is 52.9 Å². The Hall–Kier alpha value is -0.290. The fourth-order valence-corrected chi connectivity index (χ4v) is 4.03. The number of likely N-dealkylation sites (tertiary alicyclic amines) is 1. The lowest BCUT2D eigenvalue weighted by Crippen LogP contribution is -2.57. The van der Waals surface area contributed by atoms with E-state index in [0.717, 1.165) is 38.8 Å². The molecule has 0 aromatic carbocycles. The van der Waals surface area contributed by atoms with E-state index < -0.39 is 12.7 Å². The lowest BCUT2D eigenvalue weighted by molar-refractivity contribution is -0.163. The summed E-state index contributed by atoms with van der Waals surface area (Å²) < 4.78 is 37.7. The molecule has 1 saturated carbocycles. The summed E-state index contributed by atoms with van der Waals surface area (Å²) in [7, 11) is 0. The van der Waals surface area contributed by atoms with Gasteiger partial charge in [0.1, 0.15) is 0 Å². The highest BCUT2D eigenvalue weighted by atomic mass is 19.4. The van der Waals surface area contributed by atoms with Gasteiger partial charge < -0.3 is 4.90 Å². The van der Waals surface area contributed by atoms with Gasteiger partial charge in [-0.05, 0) is 64.1 Å². The van der Waals surface area contributed by atoms with E-state index >= 15 is 0 Å². The van der Waals surface area contributed by atoms with Crippen LogP contribution in [-0.4, -0.2) is 54.2 Å². The summed E-state index contributed by atoms with van der Waals surface area (Å²) in [6.45, 7) is 8.30. The molecular formula is C16H29F3N2. The SMILES string of the molecule is CCC(C)N1CCC2(CC1)CC(N(CC)CC(F)(F)F)C2. The maximum atomic E-state index is 12.6. The highest BCUT2D eigenvalue weighted by molar-refractivity contribution is 5.01. The van der Waals surface area contributed by atoms with E-state index in [0.29, 0.717) is 18.0 Å². The Balaban J connectivity index is 1.80. The molecule has 0 N–H and O–H groups in total. The van der Waals surface area contributed by atoms with Gasteiger partial charge in [0.25, 0.3) is 0 Å².